The van der Waals surface area contributed by atoms with Crippen molar-refractivity contribution in [2.45, 2.75) is 32.4 Å². The number of ether oxygens (including phenoxy) is 1. The molecule has 100 valence electrons. The van der Waals surface area contributed by atoms with E-state index in [2.05, 4.69) is 10.2 Å². The topological polar surface area (TPSA) is 67.8 Å². The number of carbonyl (C=O) groups excluding carboxylic acids is 1. The van der Waals surface area contributed by atoms with Crippen LogP contribution in [0.4, 0.5) is 4.79 Å². The van der Waals surface area contributed by atoms with Crippen molar-refractivity contribution >= 4 is 6.09 Å². The first kappa shape index (κ1) is 14.5. The molecule has 0 fully saturated rings. The van der Waals surface area contributed by atoms with Crippen LogP contribution < -0.4 is 5.32 Å². The van der Waals surface area contributed by atoms with E-state index >= 15 is 0 Å². The Hall–Kier alpha value is -1.59. The predicted octanol–water partition coefficient (Wildman–Crippen LogP) is 2.74. The first-order chi connectivity index (χ1) is 8.42. The zero-order chi connectivity index (χ0) is 13.6. The molecule has 0 aliphatic rings. The highest BCUT2D eigenvalue weighted by Crippen LogP contribution is 2.14. The highest BCUT2D eigenvalue weighted by molar-refractivity contribution is 5.68. The van der Waals surface area contributed by atoms with Gasteiger partial charge in [0.25, 0.3) is 0 Å². The molecule has 0 aliphatic carbocycles. The van der Waals surface area contributed by atoms with Gasteiger partial charge in [0, 0.05) is 0 Å². The Balaban J connectivity index is 2.67. The van der Waals surface area contributed by atoms with E-state index in [4.69, 9.17) is 9.99 Å². The Labute approximate surface area is 107 Å². The summed E-state index contributed by atoms with van der Waals surface area (Å²) >= 11 is 0. The number of alkyl carbamates (subject to hydrolysis) is 1. The third-order valence-corrected chi connectivity index (χ3v) is 2.13. The van der Waals surface area contributed by atoms with Crippen molar-refractivity contribution in [3.05, 3.63) is 35.9 Å². The minimum Gasteiger partial charge on any atom is -0.444 e. The van der Waals surface area contributed by atoms with Gasteiger partial charge in [-0.15, -0.1) is 0 Å². The van der Waals surface area contributed by atoms with Gasteiger partial charge in [-0.25, -0.2) is 9.68 Å². The molecule has 5 heteroatoms. The average Bonchev–Trinajstić information content (AvgIpc) is 2.27. The standard InChI is InChI=1S/C13H19NO4/c1-13(2,3)18-12(15)14-11(9-17-16)10-7-5-4-6-8-10/h4-8,11,16H,9H2,1-3H3,(H,14,15). The zero-order valence-electron chi connectivity index (χ0n) is 10.8. The lowest BCUT2D eigenvalue weighted by atomic mass is 10.1. The van der Waals surface area contributed by atoms with Crippen LogP contribution in [-0.2, 0) is 9.62 Å². The number of hydrogen-bond donors (Lipinski definition) is 2. The summed E-state index contributed by atoms with van der Waals surface area (Å²) in [5.41, 5.74) is 0.267. The molecular formula is C13H19NO4. The third-order valence-electron chi connectivity index (χ3n) is 2.13. The highest BCUT2D eigenvalue weighted by Gasteiger charge is 2.20. The molecule has 2 N–H and O–H groups in total. The maximum Gasteiger partial charge on any atom is 0.408 e. The van der Waals surface area contributed by atoms with Crippen molar-refractivity contribution in [1.29, 1.82) is 0 Å². The van der Waals surface area contributed by atoms with Crippen LogP contribution in [0.15, 0.2) is 30.3 Å². The van der Waals surface area contributed by atoms with Crippen LogP contribution in [0, 0.1) is 0 Å². The number of nitrogens with one attached hydrogen (secondary N) is 1. The van der Waals surface area contributed by atoms with Gasteiger partial charge >= 0.3 is 6.09 Å². The fraction of sp³-hybridized carbons (Fsp3) is 0.462. The minimum atomic E-state index is -0.564. The minimum absolute atomic E-state index is 0.0384. The quantitative estimate of drug-likeness (QED) is 0.639. The van der Waals surface area contributed by atoms with Gasteiger partial charge in [-0.1, -0.05) is 30.3 Å². The first-order valence-corrected chi connectivity index (χ1v) is 5.73. The molecule has 0 heterocycles. The largest absolute Gasteiger partial charge is 0.444 e. The smallest absolute Gasteiger partial charge is 0.408 e. The lowest BCUT2D eigenvalue weighted by molar-refractivity contribution is -0.246. The summed E-state index contributed by atoms with van der Waals surface area (Å²) < 4.78 is 5.15. The molecule has 18 heavy (non-hydrogen) atoms. The van der Waals surface area contributed by atoms with Gasteiger partial charge in [0.15, 0.2) is 0 Å². The summed E-state index contributed by atoms with van der Waals surface area (Å²) in [6.45, 7) is 5.31. The second-order valence-electron chi connectivity index (χ2n) is 4.91. The van der Waals surface area contributed by atoms with Gasteiger partial charge in [0.05, 0.1) is 6.04 Å². The lowest BCUT2D eigenvalue weighted by Crippen LogP contribution is -2.36. The van der Waals surface area contributed by atoms with E-state index < -0.39 is 17.7 Å². The van der Waals surface area contributed by atoms with Crippen LogP contribution in [0.5, 0.6) is 0 Å². The summed E-state index contributed by atoms with van der Waals surface area (Å²) in [5.74, 6) is 0. The van der Waals surface area contributed by atoms with Gasteiger partial charge in [0.1, 0.15) is 12.2 Å². The van der Waals surface area contributed by atoms with E-state index in [1.54, 1.807) is 20.8 Å². The lowest BCUT2D eigenvalue weighted by Gasteiger charge is -2.23. The molecule has 0 saturated carbocycles. The first-order valence-electron chi connectivity index (χ1n) is 5.73. The van der Waals surface area contributed by atoms with Gasteiger partial charge in [-0.05, 0) is 26.3 Å². The number of benzene rings is 1. The van der Waals surface area contributed by atoms with Crippen molar-refractivity contribution in [3.8, 4) is 0 Å². The van der Waals surface area contributed by atoms with Gasteiger partial charge in [-0.3, -0.25) is 5.26 Å². The average molecular weight is 253 g/mol. The summed E-state index contributed by atoms with van der Waals surface area (Å²) in [7, 11) is 0. The Bertz CT molecular complexity index is 372. The molecule has 0 saturated heterocycles. The van der Waals surface area contributed by atoms with E-state index in [9.17, 15) is 4.79 Å². The highest BCUT2D eigenvalue weighted by atomic mass is 17.1. The molecule has 1 rings (SSSR count). The second-order valence-corrected chi connectivity index (χ2v) is 4.91. The fourth-order valence-electron chi connectivity index (χ4n) is 1.43. The van der Waals surface area contributed by atoms with E-state index in [0.29, 0.717) is 0 Å². The third kappa shape index (κ3) is 5.16. The van der Waals surface area contributed by atoms with Crippen molar-refractivity contribution in [3.63, 3.8) is 0 Å². The van der Waals surface area contributed by atoms with Crippen molar-refractivity contribution in [2.24, 2.45) is 0 Å². The summed E-state index contributed by atoms with van der Waals surface area (Å²) in [5, 5.41) is 11.2. The maximum absolute atomic E-state index is 11.6. The molecule has 1 amide bonds. The van der Waals surface area contributed by atoms with Crippen LogP contribution in [0.3, 0.4) is 0 Å². The Morgan fingerprint density at radius 2 is 1.94 bits per heavy atom. The zero-order valence-corrected chi connectivity index (χ0v) is 10.8. The number of carbonyl (C=O) groups is 1. The second kappa shape index (κ2) is 6.37. The van der Waals surface area contributed by atoms with Crippen molar-refractivity contribution in [2.75, 3.05) is 6.61 Å². The van der Waals surface area contributed by atoms with Gasteiger partial charge < -0.3 is 10.1 Å². The van der Waals surface area contributed by atoms with E-state index in [1.165, 1.54) is 0 Å². The molecule has 0 spiro atoms. The Morgan fingerprint density at radius 3 is 2.44 bits per heavy atom. The number of rotatable bonds is 4. The Morgan fingerprint density at radius 1 is 1.33 bits per heavy atom. The number of hydrogen-bond acceptors (Lipinski definition) is 4. The summed E-state index contributed by atoms with van der Waals surface area (Å²) in [4.78, 5) is 15.8. The molecule has 1 atom stereocenters. The number of amides is 1. The molecule has 0 aliphatic heterocycles. The molecule has 0 bridgehead atoms. The molecule has 0 aromatic heterocycles. The van der Waals surface area contributed by atoms with Crippen LogP contribution in [0.1, 0.15) is 32.4 Å². The van der Waals surface area contributed by atoms with Crippen LogP contribution >= 0.6 is 0 Å². The molecule has 5 nitrogen and oxygen atoms in total. The SMILES string of the molecule is CC(C)(C)OC(=O)NC(COO)c1ccccc1. The molecular weight excluding hydrogens is 234 g/mol. The summed E-state index contributed by atoms with van der Waals surface area (Å²) in [6, 6.07) is 8.77. The molecule has 1 aromatic rings. The monoisotopic (exact) mass is 253 g/mol. The van der Waals surface area contributed by atoms with Crippen LogP contribution in [0.2, 0.25) is 0 Å². The van der Waals surface area contributed by atoms with Crippen LogP contribution in [-0.4, -0.2) is 23.6 Å². The molecule has 1 unspecified atom stereocenters. The van der Waals surface area contributed by atoms with E-state index in [-0.39, 0.29) is 6.61 Å². The predicted molar refractivity (Wildman–Crippen MR) is 67.1 cm³/mol. The van der Waals surface area contributed by atoms with Gasteiger partial charge in [0.2, 0.25) is 0 Å². The van der Waals surface area contributed by atoms with Crippen molar-refractivity contribution in [1.82, 2.24) is 5.32 Å². The Kier molecular flexibility index (Phi) is 5.12. The molecule has 0 radical (unpaired) electrons. The normalized spacial score (nSPS) is 12.9. The fourth-order valence-corrected chi connectivity index (χ4v) is 1.43. The summed E-state index contributed by atoms with van der Waals surface area (Å²) in [6.07, 6.45) is -0.548. The van der Waals surface area contributed by atoms with Gasteiger partial charge in [-0.2, -0.15) is 0 Å². The maximum atomic E-state index is 11.6. The molecule has 1 aromatic carbocycles. The van der Waals surface area contributed by atoms with E-state index in [1.807, 2.05) is 30.3 Å². The van der Waals surface area contributed by atoms with E-state index in [0.717, 1.165) is 5.56 Å². The van der Waals surface area contributed by atoms with Crippen LogP contribution in [0.25, 0.3) is 0 Å². The van der Waals surface area contributed by atoms with Crippen molar-refractivity contribution < 1.29 is 19.7 Å².